The molecule has 0 radical (unpaired) electrons. The van der Waals surface area contributed by atoms with E-state index in [0.717, 1.165) is 18.8 Å². The van der Waals surface area contributed by atoms with Crippen molar-refractivity contribution in [3.63, 3.8) is 0 Å². The molecule has 2 atom stereocenters. The molecule has 0 spiro atoms. The summed E-state index contributed by atoms with van der Waals surface area (Å²) in [6.07, 6.45) is 2.01. The Bertz CT molecular complexity index is 553. The summed E-state index contributed by atoms with van der Waals surface area (Å²) in [5, 5.41) is 8.16. The minimum atomic E-state index is 0.222. The average Bonchev–Trinajstić information content (AvgIpc) is 3.05. The summed E-state index contributed by atoms with van der Waals surface area (Å²) in [4.78, 5) is 2.35. The molecular formula is C13H14N4O. The maximum absolute atomic E-state index is 5.90. The monoisotopic (exact) mass is 242 g/mol. The third-order valence-electron chi connectivity index (χ3n) is 3.77. The molecule has 1 aromatic heterocycles. The molecule has 2 aromatic rings. The lowest BCUT2D eigenvalue weighted by Gasteiger charge is -2.25. The van der Waals surface area contributed by atoms with Gasteiger partial charge in [0.05, 0.1) is 30.6 Å². The Labute approximate surface area is 105 Å². The summed E-state index contributed by atoms with van der Waals surface area (Å²) in [6.45, 7) is 2.48. The molecule has 2 aliphatic heterocycles. The van der Waals surface area contributed by atoms with Gasteiger partial charge in [-0.05, 0) is 12.1 Å². The maximum atomic E-state index is 5.90. The standard InChI is InChI=1S/C13H14N4O/c1-2-4-10(5-3-1)16-7-12-13(8-16)18-9-11-6-14-15-17(11)12/h1-6,12-13H,7-9H2/t12-,13?/m1/s1. The van der Waals surface area contributed by atoms with Crippen LogP contribution < -0.4 is 4.90 Å². The highest BCUT2D eigenvalue weighted by Crippen LogP contribution is 2.32. The second-order valence-corrected chi connectivity index (χ2v) is 4.83. The first-order valence-corrected chi connectivity index (χ1v) is 6.22. The van der Waals surface area contributed by atoms with Crippen LogP contribution in [0.5, 0.6) is 0 Å². The first-order valence-electron chi connectivity index (χ1n) is 6.22. The van der Waals surface area contributed by atoms with Crippen molar-refractivity contribution in [2.45, 2.75) is 18.8 Å². The molecule has 1 aromatic carbocycles. The highest BCUT2D eigenvalue weighted by molar-refractivity contribution is 5.47. The molecule has 2 aliphatic rings. The molecule has 18 heavy (non-hydrogen) atoms. The third-order valence-corrected chi connectivity index (χ3v) is 3.77. The molecule has 5 nitrogen and oxygen atoms in total. The number of aromatic nitrogens is 3. The molecule has 5 heteroatoms. The Balaban J connectivity index is 1.64. The van der Waals surface area contributed by atoms with Crippen LogP contribution in [0.15, 0.2) is 36.5 Å². The first kappa shape index (κ1) is 10.1. The summed E-state index contributed by atoms with van der Waals surface area (Å²) >= 11 is 0. The molecule has 0 N–H and O–H groups in total. The molecule has 4 rings (SSSR count). The van der Waals surface area contributed by atoms with E-state index in [1.807, 2.05) is 10.7 Å². The number of para-hydroxylation sites is 1. The lowest BCUT2D eigenvalue weighted by atomic mass is 10.2. The predicted molar refractivity (Wildman–Crippen MR) is 66.3 cm³/mol. The Kier molecular flexibility index (Phi) is 2.14. The van der Waals surface area contributed by atoms with Gasteiger partial charge < -0.3 is 9.64 Å². The number of rotatable bonds is 1. The molecule has 0 amide bonds. The van der Waals surface area contributed by atoms with Crippen molar-refractivity contribution in [3.8, 4) is 0 Å². The van der Waals surface area contributed by atoms with Crippen molar-refractivity contribution in [1.29, 1.82) is 0 Å². The molecule has 1 saturated heterocycles. The second kappa shape index (κ2) is 3.81. The molecule has 3 heterocycles. The number of anilines is 1. The Morgan fingerprint density at radius 3 is 2.94 bits per heavy atom. The van der Waals surface area contributed by atoms with Gasteiger partial charge in [-0.25, -0.2) is 4.68 Å². The zero-order valence-electron chi connectivity index (χ0n) is 9.94. The zero-order chi connectivity index (χ0) is 11.9. The summed E-state index contributed by atoms with van der Waals surface area (Å²) in [6, 6.07) is 10.7. The lowest BCUT2D eigenvalue weighted by Crippen LogP contribution is -2.32. The summed E-state index contributed by atoms with van der Waals surface area (Å²) < 4.78 is 7.92. The number of hydrogen-bond donors (Lipinski definition) is 0. The van der Waals surface area contributed by atoms with Gasteiger partial charge in [0.15, 0.2) is 0 Å². The summed E-state index contributed by atoms with van der Waals surface area (Å²) in [5.41, 5.74) is 2.32. The number of benzene rings is 1. The predicted octanol–water partition coefficient (Wildman–Crippen LogP) is 1.24. The largest absolute Gasteiger partial charge is 0.368 e. The van der Waals surface area contributed by atoms with E-state index in [1.165, 1.54) is 5.69 Å². The molecule has 0 bridgehead atoms. The van der Waals surface area contributed by atoms with E-state index < -0.39 is 0 Å². The maximum Gasteiger partial charge on any atom is 0.0996 e. The highest BCUT2D eigenvalue weighted by Gasteiger charge is 2.39. The SMILES string of the molecule is c1ccc(N2CC3OCc4cnnn4[C@@H]3C2)cc1. The third kappa shape index (κ3) is 1.44. The van der Waals surface area contributed by atoms with Crippen LogP contribution in [-0.4, -0.2) is 34.2 Å². The minimum absolute atomic E-state index is 0.222. The van der Waals surface area contributed by atoms with E-state index >= 15 is 0 Å². The van der Waals surface area contributed by atoms with Gasteiger partial charge >= 0.3 is 0 Å². The van der Waals surface area contributed by atoms with E-state index in [1.54, 1.807) is 6.20 Å². The van der Waals surface area contributed by atoms with Gasteiger partial charge in [-0.15, -0.1) is 5.10 Å². The number of hydrogen-bond acceptors (Lipinski definition) is 4. The van der Waals surface area contributed by atoms with Crippen LogP contribution in [0.3, 0.4) is 0 Å². The van der Waals surface area contributed by atoms with Crippen LogP contribution in [0.2, 0.25) is 0 Å². The number of ether oxygens (including phenoxy) is 1. The Morgan fingerprint density at radius 1 is 1.17 bits per heavy atom. The fourth-order valence-electron chi connectivity index (χ4n) is 2.84. The molecule has 0 aliphatic carbocycles. The van der Waals surface area contributed by atoms with Gasteiger partial charge in [-0.2, -0.15) is 0 Å². The van der Waals surface area contributed by atoms with Crippen LogP contribution in [0.25, 0.3) is 0 Å². The van der Waals surface area contributed by atoms with Crippen molar-refractivity contribution in [2.75, 3.05) is 18.0 Å². The quantitative estimate of drug-likeness (QED) is 0.754. The topological polar surface area (TPSA) is 43.2 Å². The molecular weight excluding hydrogens is 228 g/mol. The lowest BCUT2D eigenvalue weighted by molar-refractivity contribution is -0.00253. The van der Waals surface area contributed by atoms with Crippen molar-refractivity contribution in [3.05, 3.63) is 42.2 Å². The summed E-state index contributed by atoms with van der Waals surface area (Å²) in [7, 11) is 0. The molecule has 0 saturated carbocycles. The zero-order valence-corrected chi connectivity index (χ0v) is 9.94. The Morgan fingerprint density at radius 2 is 2.06 bits per heavy atom. The normalized spacial score (nSPS) is 25.9. The molecule has 1 fully saturated rings. The van der Waals surface area contributed by atoms with Gasteiger partial charge in [0.25, 0.3) is 0 Å². The van der Waals surface area contributed by atoms with E-state index in [-0.39, 0.29) is 12.1 Å². The van der Waals surface area contributed by atoms with Crippen LogP contribution in [0.1, 0.15) is 11.7 Å². The average molecular weight is 242 g/mol. The fraction of sp³-hybridized carbons (Fsp3) is 0.385. The fourth-order valence-corrected chi connectivity index (χ4v) is 2.84. The molecule has 1 unspecified atom stereocenters. The van der Waals surface area contributed by atoms with Gasteiger partial charge in [0.1, 0.15) is 0 Å². The molecule has 92 valence electrons. The van der Waals surface area contributed by atoms with Gasteiger partial charge in [0, 0.05) is 18.8 Å². The Hall–Kier alpha value is -1.88. The van der Waals surface area contributed by atoms with E-state index in [2.05, 4.69) is 39.5 Å². The van der Waals surface area contributed by atoms with E-state index in [0.29, 0.717) is 6.61 Å². The van der Waals surface area contributed by atoms with Crippen molar-refractivity contribution >= 4 is 5.69 Å². The van der Waals surface area contributed by atoms with E-state index in [4.69, 9.17) is 4.74 Å². The second-order valence-electron chi connectivity index (χ2n) is 4.83. The number of fused-ring (bicyclic) bond motifs is 3. The van der Waals surface area contributed by atoms with Crippen LogP contribution in [-0.2, 0) is 11.3 Å². The van der Waals surface area contributed by atoms with Gasteiger partial charge in [-0.1, -0.05) is 23.4 Å². The van der Waals surface area contributed by atoms with E-state index in [9.17, 15) is 0 Å². The summed E-state index contributed by atoms with van der Waals surface area (Å²) in [5.74, 6) is 0. The van der Waals surface area contributed by atoms with Crippen LogP contribution in [0, 0.1) is 0 Å². The highest BCUT2D eigenvalue weighted by atomic mass is 16.5. The van der Waals surface area contributed by atoms with Crippen LogP contribution in [0.4, 0.5) is 5.69 Å². The van der Waals surface area contributed by atoms with Crippen molar-refractivity contribution < 1.29 is 4.74 Å². The smallest absolute Gasteiger partial charge is 0.0996 e. The van der Waals surface area contributed by atoms with Gasteiger partial charge in [-0.3, -0.25) is 0 Å². The first-order chi connectivity index (χ1) is 8.92. The van der Waals surface area contributed by atoms with Gasteiger partial charge in [0.2, 0.25) is 0 Å². The minimum Gasteiger partial charge on any atom is -0.368 e. The number of nitrogens with zero attached hydrogens (tertiary/aromatic N) is 4. The van der Waals surface area contributed by atoms with Crippen LogP contribution >= 0.6 is 0 Å². The van der Waals surface area contributed by atoms with Crippen molar-refractivity contribution in [2.24, 2.45) is 0 Å². The van der Waals surface area contributed by atoms with Crippen molar-refractivity contribution in [1.82, 2.24) is 15.0 Å².